The standard InChI is InChI=1S/C14H19NO3/c1-10-8-11(5-6-13(10)17)14(18)15-7-3-2-4-12(15)9-16/h5-6,8,12,16-17H,2-4,7,9H2,1H3. The Kier molecular flexibility index (Phi) is 3.87. The fraction of sp³-hybridized carbons (Fsp3) is 0.500. The lowest BCUT2D eigenvalue weighted by Crippen LogP contribution is -2.45. The van der Waals surface area contributed by atoms with Crippen molar-refractivity contribution in [2.24, 2.45) is 0 Å². The molecule has 0 bridgehead atoms. The van der Waals surface area contributed by atoms with Gasteiger partial charge >= 0.3 is 0 Å². The molecule has 0 aliphatic carbocycles. The Labute approximate surface area is 107 Å². The monoisotopic (exact) mass is 249 g/mol. The first-order valence-corrected chi connectivity index (χ1v) is 6.35. The molecule has 1 aliphatic heterocycles. The first-order chi connectivity index (χ1) is 8.63. The number of aliphatic hydroxyl groups is 1. The molecule has 2 N–H and O–H groups in total. The predicted octanol–water partition coefficient (Wildman–Crippen LogP) is 1.69. The number of aromatic hydroxyl groups is 1. The summed E-state index contributed by atoms with van der Waals surface area (Å²) in [4.78, 5) is 14.1. The second-order valence-corrected chi connectivity index (χ2v) is 4.83. The van der Waals surface area contributed by atoms with Crippen LogP contribution in [0.25, 0.3) is 0 Å². The number of phenolic OH excluding ortho intramolecular Hbond substituents is 1. The SMILES string of the molecule is Cc1cc(C(=O)N2CCCCC2CO)ccc1O. The number of aryl methyl sites for hydroxylation is 1. The zero-order valence-electron chi connectivity index (χ0n) is 10.6. The number of amides is 1. The van der Waals surface area contributed by atoms with Crippen molar-refractivity contribution in [3.05, 3.63) is 29.3 Å². The maximum atomic E-state index is 12.4. The molecule has 1 fully saturated rings. The summed E-state index contributed by atoms with van der Waals surface area (Å²) >= 11 is 0. The average Bonchev–Trinajstić information content (AvgIpc) is 2.41. The maximum Gasteiger partial charge on any atom is 0.254 e. The summed E-state index contributed by atoms with van der Waals surface area (Å²) < 4.78 is 0. The van der Waals surface area contributed by atoms with Crippen LogP contribution in [-0.4, -0.2) is 40.2 Å². The molecular formula is C14H19NO3. The van der Waals surface area contributed by atoms with E-state index in [0.717, 1.165) is 19.3 Å². The van der Waals surface area contributed by atoms with Crippen LogP contribution in [0.1, 0.15) is 35.2 Å². The van der Waals surface area contributed by atoms with Crippen LogP contribution in [0.15, 0.2) is 18.2 Å². The molecule has 1 aliphatic rings. The van der Waals surface area contributed by atoms with Gasteiger partial charge in [0.15, 0.2) is 0 Å². The molecule has 18 heavy (non-hydrogen) atoms. The van der Waals surface area contributed by atoms with Crippen molar-refractivity contribution in [2.75, 3.05) is 13.2 Å². The smallest absolute Gasteiger partial charge is 0.254 e. The van der Waals surface area contributed by atoms with E-state index in [1.807, 2.05) is 0 Å². The molecule has 1 amide bonds. The van der Waals surface area contributed by atoms with Crippen molar-refractivity contribution in [3.63, 3.8) is 0 Å². The summed E-state index contributed by atoms with van der Waals surface area (Å²) in [5.74, 6) is 0.140. The van der Waals surface area contributed by atoms with Crippen LogP contribution in [0.2, 0.25) is 0 Å². The van der Waals surface area contributed by atoms with E-state index in [4.69, 9.17) is 0 Å². The number of carbonyl (C=O) groups is 1. The topological polar surface area (TPSA) is 60.8 Å². The molecule has 4 heteroatoms. The molecule has 1 unspecified atom stereocenters. The van der Waals surface area contributed by atoms with E-state index in [0.29, 0.717) is 17.7 Å². The van der Waals surface area contributed by atoms with Crippen molar-refractivity contribution in [2.45, 2.75) is 32.2 Å². The normalized spacial score (nSPS) is 19.9. The number of piperidine rings is 1. The van der Waals surface area contributed by atoms with Gasteiger partial charge in [0, 0.05) is 12.1 Å². The minimum atomic E-state index is -0.0691. The first kappa shape index (κ1) is 12.9. The largest absolute Gasteiger partial charge is 0.508 e. The summed E-state index contributed by atoms with van der Waals surface area (Å²) in [6.07, 6.45) is 2.90. The molecule has 0 radical (unpaired) electrons. The Hall–Kier alpha value is -1.55. The van der Waals surface area contributed by atoms with Gasteiger partial charge in [0.05, 0.1) is 12.6 Å². The highest BCUT2D eigenvalue weighted by atomic mass is 16.3. The van der Waals surface area contributed by atoms with Crippen LogP contribution in [0.3, 0.4) is 0 Å². The van der Waals surface area contributed by atoms with E-state index in [1.54, 1.807) is 30.0 Å². The van der Waals surface area contributed by atoms with E-state index in [9.17, 15) is 15.0 Å². The first-order valence-electron chi connectivity index (χ1n) is 6.35. The minimum Gasteiger partial charge on any atom is -0.508 e. The van der Waals surface area contributed by atoms with Gasteiger partial charge in [0.2, 0.25) is 0 Å². The Bertz CT molecular complexity index is 445. The van der Waals surface area contributed by atoms with Crippen LogP contribution in [0.5, 0.6) is 5.75 Å². The van der Waals surface area contributed by atoms with Gasteiger partial charge in [-0.15, -0.1) is 0 Å². The summed E-state index contributed by atoms with van der Waals surface area (Å²) in [6.45, 7) is 2.48. The van der Waals surface area contributed by atoms with Gasteiger partial charge in [-0.1, -0.05) is 0 Å². The zero-order valence-corrected chi connectivity index (χ0v) is 10.6. The molecule has 1 atom stereocenters. The average molecular weight is 249 g/mol. The predicted molar refractivity (Wildman–Crippen MR) is 68.6 cm³/mol. The number of aliphatic hydroxyl groups excluding tert-OH is 1. The lowest BCUT2D eigenvalue weighted by atomic mass is 10.0. The summed E-state index contributed by atoms with van der Waals surface area (Å²) in [5, 5.41) is 18.8. The van der Waals surface area contributed by atoms with Gasteiger partial charge in [0.25, 0.3) is 5.91 Å². The summed E-state index contributed by atoms with van der Waals surface area (Å²) in [6, 6.07) is 4.80. The highest BCUT2D eigenvalue weighted by Gasteiger charge is 2.26. The van der Waals surface area contributed by atoms with Gasteiger partial charge in [-0.25, -0.2) is 0 Å². The van der Waals surface area contributed by atoms with Gasteiger partial charge in [-0.2, -0.15) is 0 Å². The van der Waals surface area contributed by atoms with Crippen molar-refractivity contribution < 1.29 is 15.0 Å². The van der Waals surface area contributed by atoms with Crippen molar-refractivity contribution in [1.82, 2.24) is 4.90 Å². The van der Waals surface area contributed by atoms with Crippen LogP contribution >= 0.6 is 0 Å². The van der Waals surface area contributed by atoms with Gasteiger partial charge in [0.1, 0.15) is 5.75 Å². The third-order valence-corrected chi connectivity index (χ3v) is 3.54. The van der Waals surface area contributed by atoms with Crippen LogP contribution in [0.4, 0.5) is 0 Å². The van der Waals surface area contributed by atoms with Crippen molar-refractivity contribution in [3.8, 4) is 5.75 Å². The molecule has 0 aromatic heterocycles. The highest BCUT2D eigenvalue weighted by Crippen LogP contribution is 2.22. The quantitative estimate of drug-likeness (QED) is 0.838. The fourth-order valence-corrected chi connectivity index (χ4v) is 2.41. The molecule has 2 rings (SSSR count). The second-order valence-electron chi connectivity index (χ2n) is 4.83. The highest BCUT2D eigenvalue weighted by molar-refractivity contribution is 5.94. The Balaban J connectivity index is 2.21. The summed E-state index contributed by atoms with van der Waals surface area (Å²) in [5.41, 5.74) is 1.27. The molecule has 98 valence electrons. The minimum absolute atomic E-state index is 0.0167. The van der Waals surface area contributed by atoms with Gasteiger partial charge in [-0.3, -0.25) is 4.79 Å². The number of rotatable bonds is 2. The Morgan fingerprint density at radius 2 is 2.22 bits per heavy atom. The number of carbonyl (C=O) groups excluding carboxylic acids is 1. The number of hydrogen-bond donors (Lipinski definition) is 2. The number of benzene rings is 1. The van der Waals surface area contributed by atoms with Crippen LogP contribution in [0, 0.1) is 6.92 Å². The summed E-state index contributed by atoms with van der Waals surface area (Å²) in [7, 11) is 0. The number of phenols is 1. The van der Waals surface area contributed by atoms with Gasteiger partial charge < -0.3 is 15.1 Å². The molecule has 0 spiro atoms. The van der Waals surface area contributed by atoms with E-state index in [-0.39, 0.29) is 24.3 Å². The third-order valence-electron chi connectivity index (χ3n) is 3.54. The van der Waals surface area contributed by atoms with Crippen LogP contribution < -0.4 is 0 Å². The van der Waals surface area contributed by atoms with Crippen molar-refractivity contribution >= 4 is 5.91 Å². The Morgan fingerprint density at radius 3 is 2.89 bits per heavy atom. The van der Waals surface area contributed by atoms with E-state index < -0.39 is 0 Å². The molecular weight excluding hydrogens is 230 g/mol. The van der Waals surface area contributed by atoms with E-state index >= 15 is 0 Å². The molecule has 0 saturated carbocycles. The van der Waals surface area contributed by atoms with Crippen molar-refractivity contribution in [1.29, 1.82) is 0 Å². The zero-order chi connectivity index (χ0) is 13.1. The lowest BCUT2D eigenvalue weighted by Gasteiger charge is -2.34. The molecule has 1 saturated heterocycles. The molecule has 1 heterocycles. The van der Waals surface area contributed by atoms with E-state index in [2.05, 4.69) is 0 Å². The Morgan fingerprint density at radius 1 is 1.44 bits per heavy atom. The molecule has 1 aromatic carbocycles. The number of nitrogens with zero attached hydrogens (tertiary/aromatic N) is 1. The number of likely N-dealkylation sites (tertiary alicyclic amines) is 1. The lowest BCUT2D eigenvalue weighted by molar-refractivity contribution is 0.0503. The third kappa shape index (κ3) is 2.48. The number of hydrogen-bond acceptors (Lipinski definition) is 3. The van der Waals surface area contributed by atoms with Crippen LogP contribution in [-0.2, 0) is 0 Å². The fourth-order valence-electron chi connectivity index (χ4n) is 2.41. The molecule has 1 aromatic rings. The van der Waals surface area contributed by atoms with E-state index in [1.165, 1.54) is 0 Å². The van der Waals surface area contributed by atoms with Gasteiger partial charge in [-0.05, 0) is 49.9 Å². The second kappa shape index (κ2) is 5.40. The molecule has 4 nitrogen and oxygen atoms in total. The maximum absolute atomic E-state index is 12.4.